The van der Waals surface area contributed by atoms with Gasteiger partial charge in [-0.25, -0.2) is 0 Å². The molecule has 0 aliphatic rings. The molecule has 3 nitrogen and oxygen atoms in total. The summed E-state index contributed by atoms with van der Waals surface area (Å²) in [6.07, 6.45) is 1.69. The van der Waals surface area contributed by atoms with Crippen molar-refractivity contribution in [2.24, 2.45) is 5.73 Å². The Balaban J connectivity index is 0.000000711. The van der Waals surface area contributed by atoms with Gasteiger partial charge in [0.25, 0.3) is 0 Å². The van der Waals surface area contributed by atoms with Gasteiger partial charge in [-0.3, -0.25) is 9.78 Å². The Kier molecular flexibility index (Phi) is 3.80. The fourth-order valence-electron chi connectivity index (χ4n) is 1.32. The highest BCUT2D eigenvalue weighted by molar-refractivity contribution is 6.05. The van der Waals surface area contributed by atoms with Gasteiger partial charge in [0.05, 0.1) is 5.52 Å². The smallest absolute Gasteiger partial charge is 0.249 e. The van der Waals surface area contributed by atoms with Crippen molar-refractivity contribution in [2.75, 3.05) is 0 Å². The van der Waals surface area contributed by atoms with Crippen molar-refractivity contribution in [3.05, 3.63) is 42.1 Å². The third-order valence-electron chi connectivity index (χ3n) is 1.91. The monoisotopic (exact) mass is 204 g/mol. The van der Waals surface area contributed by atoms with E-state index in [2.05, 4.69) is 4.98 Å². The first-order valence-electron chi connectivity index (χ1n) is 4.92. The average molecular weight is 204 g/mol. The molecule has 80 valence electrons. The van der Waals surface area contributed by atoms with Crippen LogP contribution < -0.4 is 5.73 Å². The van der Waals surface area contributed by atoms with E-state index in [0.29, 0.717) is 5.56 Å². The van der Waals surface area contributed by atoms with Crippen LogP contribution in [0.15, 0.2) is 36.5 Å². The Morgan fingerprint density at radius 2 is 2.00 bits per heavy atom. The van der Waals surface area contributed by atoms with Gasteiger partial charge in [-0.15, -0.1) is 0 Å². The number of hydrogen-bond donors (Lipinski definition) is 1. The summed E-state index contributed by atoms with van der Waals surface area (Å²) in [6.45, 7) is 4.00. The molecule has 2 rings (SSSR count). The van der Waals surface area contributed by atoms with Crippen LogP contribution in [0.2, 0.25) is 0 Å². The van der Waals surface area contributed by atoms with E-state index in [1.54, 1.807) is 24.4 Å². The van der Waals surface area contributed by atoms with Crippen molar-refractivity contribution in [3.8, 4) is 0 Å². The molecule has 0 saturated heterocycles. The number of benzene rings is 1. The lowest BCUT2D eigenvalue weighted by Crippen LogP contribution is -2.11. The predicted octanol–water partition coefficient (Wildman–Crippen LogP) is 2.61. The molecule has 2 aromatic rings. The maximum atomic E-state index is 11.0. The van der Waals surface area contributed by atoms with Crippen LogP contribution in [0.5, 0.6) is 0 Å². The lowest BCUT2D eigenvalue weighted by atomic mass is 10.1. The lowest BCUT2D eigenvalue weighted by molar-refractivity contribution is 0.100. The summed E-state index contributed by atoms with van der Waals surface area (Å²) in [5.74, 6) is -0.418. The number of hydrogen-bond acceptors (Lipinski definition) is 2. The molecule has 0 aliphatic carbocycles. The standard InChI is InChI=1S/C10H8N2O.C2H6.H2/c11-10(13)8-3-1-5-9-7(8)4-2-6-12-9;1-2;/h1-6H,(H2,11,13);1-2H3;1H. The molecule has 15 heavy (non-hydrogen) atoms. The first-order valence-corrected chi connectivity index (χ1v) is 4.92. The van der Waals surface area contributed by atoms with Gasteiger partial charge in [-0.1, -0.05) is 26.0 Å². The Labute approximate surface area is 90.4 Å². The Morgan fingerprint density at radius 3 is 2.67 bits per heavy atom. The van der Waals surface area contributed by atoms with E-state index in [9.17, 15) is 4.79 Å². The molecular formula is C12H16N2O. The average Bonchev–Trinajstić information content (AvgIpc) is 2.31. The van der Waals surface area contributed by atoms with E-state index in [1.807, 2.05) is 26.0 Å². The van der Waals surface area contributed by atoms with Crippen molar-refractivity contribution in [1.29, 1.82) is 0 Å². The Bertz CT molecular complexity index is 466. The van der Waals surface area contributed by atoms with Crippen LogP contribution in [0.4, 0.5) is 0 Å². The minimum Gasteiger partial charge on any atom is -0.366 e. The number of carbonyl (C=O) groups excluding carboxylic acids is 1. The van der Waals surface area contributed by atoms with Crippen molar-refractivity contribution >= 4 is 16.8 Å². The van der Waals surface area contributed by atoms with Gasteiger partial charge in [0, 0.05) is 18.6 Å². The number of fused-ring (bicyclic) bond motifs is 1. The summed E-state index contributed by atoms with van der Waals surface area (Å²) in [4.78, 5) is 15.1. The lowest BCUT2D eigenvalue weighted by Gasteiger charge is -2.00. The maximum Gasteiger partial charge on any atom is 0.249 e. The molecule has 1 heterocycles. The number of nitrogens with two attached hydrogens (primary N) is 1. The Hall–Kier alpha value is -1.90. The second-order valence-electron chi connectivity index (χ2n) is 2.74. The quantitative estimate of drug-likeness (QED) is 0.776. The molecule has 0 spiro atoms. The molecule has 3 heteroatoms. The van der Waals surface area contributed by atoms with Gasteiger partial charge in [-0.05, 0) is 18.2 Å². The minimum atomic E-state index is -0.418. The van der Waals surface area contributed by atoms with Crippen LogP contribution in [0.25, 0.3) is 10.9 Å². The molecule has 2 N–H and O–H groups in total. The molecule has 0 aliphatic heterocycles. The van der Waals surface area contributed by atoms with Gasteiger partial charge in [0.2, 0.25) is 5.91 Å². The summed E-state index contributed by atoms with van der Waals surface area (Å²) < 4.78 is 0. The second kappa shape index (κ2) is 5.10. The number of carbonyl (C=O) groups is 1. The van der Waals surface area contributed by atoms with Gasteiger partial charge in [-0.2, -0.15) is 0 Å². The van der Waals surface area contributed by atoms with Crippen LogP contribution in [-0.4, -0.2) is 10.9 Å². The molecule has 0 bridgehead atoms. The molecule has 0 radical (unpaired) electrons. The number of rotatable bonds is 1. The number of nitrogens with zero attached hydrogens (tertiary/aromatic N) is 1. The molecule has 0 saturated carbocycles. The molecule has 0 unspecified atom stereocenters. The van der Waals surface area contributed by atoms with Crippen molar-refractivity contribution < 1.29 is 6.22 Å². The van der Waals surface area contributed by atoms with E-state index in [4.69, 9.17) is 5.73 Å². The van der Waals surface area contributed by atoms with Crippen molar-refractivity contribution in [1.82, 2.24) is 4.98 Å². The van der Waals surface area contributed by atoms with E-state index in [-0.39, 0.29) is 1.43 Å². The zero-order valence-corrected chi connectivity index (χ0v) is 8.90. The topological polar surface area (TPSA) is 56.0 Å². The summed E-state index contributed by atoms with van der Waals surface area (Å²) in [5.41, 5.74) is 6.52. The normalized spacial score (nSPS) is 9.20. The fourth-order valence-corrected chi connectivity index (χ4v) is 1.32. The van der Waals surface area contributed by atoms with Gasteiger partial charge in [0.1, 0.15) is 0 Å². The fraction of sp³-hybridized carbons (Fsp3) is 0.167. The second-order valence-corrected chi connectivity index (χ2v) is 2.74. The van der Waals surface area contributed by atoms with Crippen LogP contribution in [0.1, 0.15) is 25.6 Å². The number of aromatic nitrogens is 1. The highest BCUT2D eigenvalue weighted by Crippen LogP contribution is 2.15. The molecule has 1 aromatic carbocycles. The molecular weight excluding hydrogens is 188 g/mol. The highest BCUT2D eigenvalue weighted by atomic mass is 16.1. The SMILES string of the molecule is CC.NC(=O)c1cccc2ncccc12.[HH]. The Morgan fingerprint density at radius 1 is 1.27 bits per heavy atom. The summed E-state index contributed by atoms with van der Waals surface area (Å²) in [7, 11) is 0. The number of primary amides is 1. The van der Waals surface area contributed by atoms with Crippen molar-refractivity contribution in [3.63, 3.8) is 0 Å². The first kappa shape index (κ1) is 11.2. The molecule has 0 atom stereocenters. The van der Waals surface area contributed by atoms with E-state index in [0.717, 1.165) is 10.9 Å². The van der Waals surface area contributed by atoms with Crippen LogP contribution in [0, 0.1) is 0 Å². The van der Waals surface area contributed by atoms with Crippen LogP contribution in [-0.2, 0) is 0 Å². The minimum absolute atomic E-state index is 0. The molecule has 1 aromatic heterocycles. The van der Waals surface area contributed by atoms with E-state index >= 15 is 0 Å². The van der Waals surface area contributed by atoms with Crippen LogP contribution >= 0.6 is 0 Å². The maximum absolute atomic E-state index is 11.0. The van der Waals surface area contributed by atoms with Gasteiger partial charge in [0.15, 0.2) is 0 Å². The van der Waals surface area contributed by atoms with Crippen molar-refractivity contribution in [2.45, 2.75) is 13.8 Å². The summed E-state index contributed by atoms with van der Waals surface area (Å²) in [5, 5.41) is 0.803. The number of pyridine rings is 1. The summed E-state index contributed by atoms with van der Waals surface area (Å²) in [6, 6.07) is 8.95. The van der Waals surface area contributed by atoms with E-state index < -0.39 is 5.91 Å². The van der Waals surface area contributed by atoms with Gasteiger partial charge >= 0.3 is 0 Å². The van der Waals surface area contributed by atoms with E-state index in [1.165, 1.54) is 0 Å². The largest absolute Gasteiger partial charge is 0.366 e. The molecule has 0 fully saturated rings. The predicted molar refractivity (Wildman–Crippen MR) is 63.7 cm³/mol. The third kappa shape index (κ3) is 2.31. The molecule has 1 amide bonds. The zero-order valence-electron chi connectivity index (χ0n) is 8.90. The van der Waals surface area contributed by atoms with Gasteiger partial charge < -0.3 is 5.73 Å². The first-order chi connectivity index (χ1) is 7.29. The highest BCUT2D eigenvalue weighted by Gasteiger charge is 2.04. The zero-order chi connectivity index (χ0) is 11.3. The summed E-state index contributed by atoms with van der Waals surface area (Å²) >= 11 is 0. The van der Waals surface area contributed by atoms with Crippen LogP contribution in [0.3, 0.4) is 0 Å². The third-order valence-corrected chi connectivity index (χ3v) is 1.91. The number of amides is 1.